The number of nitrogen functional groups attached to an aromatic ring is 1. The minimum atomic E-state index is -0.210. The highest BCUT2D eigenvalue weighted by Crippen LogP contribution is 2.32. The molecular weight excluding hydrogens is 466 g/mol. The summed E-state index contributed by atoms with van der Waals surface area (Å²) in [6, 6.07) is 16.1. The Bertz CT molecular complexity index is 1790. The third-order valence-electron chi connectivity index (χ3n) is 5.93. The molecule has 0 unspecified atom stereocenters. The number of nitrogens with two attached hydrogens (primary N) is 1. The van der Waals surface area contributed by atoms with Crippen LogP contribution in [0.4, 0.5) is 5.82 Å². The predicted molar refractivity (Wildman–Crippen MR) is 147 cm³/mol. The number of anilines is 1. The van der Waals surface area contributed by atoms with Gasteiger partial charge in [-0.2, -0.15) is 5.10 Å². The van der Waals surface area contributed by atoms with Crippen molar-refractivity contribution in [3.63, 3.8) is 0 Å². The maximum Gasteiger partial charge on any atom is 0.264 e. The molecule has 37 heavy (non-hydrogen) atoms. The van der Waals surface area contributed by atoms with E-state index in [1.54, 1.807) is 45.8 Å². The first-order chi connectivity index (χ1) is 17.9. The fourth-order valence-corrected chi connectivity index (χ4v) is 4.31. The van der Waals surface area contributed by atoms with Gasteiger partial charge in [0.1, 0.15) is 29.4 Å². The van der Waals surface area contributed by atoms with Crippen LogP contribution in [0.25, 0.3) is 33.1 Å². The molecule has 5 rings (SSSR count). The van der Waals surface area contributed by atoms with Crippen molar-refractivity contribution in [2.24, 2.45) is 4.99 Å². The number of nitrogens with zero attached hydrogens (tertiary/aromatic N) is 6. The zero-order valence-electron chi connectivity index (χ0n) is 20.5. The van der Waals surface area contributed by atoms with Crippen molar-refractivity contribution in [3.8, 4) is 17.0 Å². The second kappa shape index (κ2) is 9.54. The number of pyridine rings is 1. The summed E-state index contributed by atoms with van der Waals surface area (Å²) in [5.41, 5.74) is 9.01. The lowest BCUT2D eigenvalue weighted by atomic mass is 10.1. The van der Waals surface area contributed by atoms with Gasteiger partial charge in [0.05, 0.1) is 17.6 Å². The van der Waals surface area contributed by atoms with E-state index in [4.69, 9.17) is 10.8 Å². The topological polar surface area (TPSA) is 124 Å². The first-order valence-electron chi connectivity index (χ1n) is 11.6. The Morgan fingerprint density at radius 3 is 2.73 bits per heavy atom. The van der Waals surface area contributed by atoms with E-state index in [0.717, 1.165) is 5.39 Å². The average molecular weight is 492 g/mol. The molecule has 9 nitrogen and oxygen atoms in total. The van der Waals surface area contributed by atoms with Gasteiger partial charge >= 0.3 is 0 Å². The molecular formula is C28H25N7O2. The van der Waals surface area contributed by atoms with Crippen LogP contribution >= 0.6 is 0 Å². The first-order valence-corrected chi connectivity index (χ1v) is 11.6. The minimum Gasteiger partial charge on any atom is -0.508 e. The number of aromatic hydroxyl groups is 1. The monoisotopic (exact) mass is 491 g/mol. The number of fused-ring (bicyclic) bond motifs is 2. The fourth-order valence-electron chi connectivity index (χ4n) is 4.31. The van der Waals surface area contributed by atoms with Crippen LogP contribution in [0.5, 0.6) is 5.75 Å². The Balaban J connectivity index is 1.78. The first kappa shape index (κ1) is 23.7. The van der Waals surface area contributed by atoms with E-state index in [1.165, 1.54) is 6.33 Å². The van der Waals surface area contributed by atoms with Crippen LogP contribution in [0.3, 0.4) is 0 Å². The van der Waals surface area contributed by atoms with Crippen molar-refractivity contribution < 1.29 is 5.11 Å². The molecule has 0 amide bonds. The fraction of sp³-hybridized carbons (Fsp3) is 0.107. The number of rotatable bonds is 5. The third-order valence-corrected chi connectivity index (χ3v) is 5.93. The summed E-state index contributed by atoms with van der Waals surface area (Å²) >= 11 is 0. The van der Waals surface area contributed by atoms with E-state index < -0.39 is 0 Å². The van der Waals surface area contributed by atoms with Gasteiger partial charge in [0.15, 0.2) is 5.65 Å². The van der Waals surface area contributed by atoms with Crippen LogP contribution in [-0.2, 0) is 6.54 Å². The van der Waals surface area contributed by atoms with Crippen molar-refractivity contribution in [2.75, 3.05) is 5.73 Å². The van der Waals surface area contributed by atoms with Crippen LogP contribution in [-0.4, -0.2) is 35.3 Å². The Hall–Kier alpha value is -5.05. The number of aliphatic imine (C=N–C) groups is 1. The van der Waals surface area contributed by atoms with Gasteiger partial charge < -0.3 is 10.8 Å². The summed E-state index contributed by atoms with van der Waals surface area (Å²) in [5.74, 6) is 0.802. The zero-order valence-corrected chi connectivity index (χ0v) is 20.5. The highest BCUT2D eigenvalue weighted by atomic mass is 16.3. The maximum atomic E-state index is 13.7. The number of benzene rings is 2. The van der Waals surface area contributed by atoms with Crippen molar-refractivity contribution in [1.29, 1.82) is 0 Å². The lowest BCUT2D eigenvalue weighted by Gasteiger charge is -2.17. The van der Waals surface area contributed by atoms with E-state index in [0.29, 0.717) is 44.8 Å². The molecule has 5 aromatic rings. The zero-order chi connectivity index (χ0) is 26.1. The standard InChI is InChI=1S/C28H25N7O2/c1-4-12-30-26(17(2)3)35-20(13-18-8-5-6-11-22(18)28(35)37)15-34-27-23(25(29)31-16-32-27)24(33-34)19-9-7-10-21(36)14-19/h4-14,16,36H,2,15H2,1,3H3,(H2,29,31,32)/b12-4-,30-26?. The van der Waals surface area contributed by atoms with Crippen LogP contribution in [0, 0.1) is 0 Å². The van der Waals surface area contributed by atoms with Crippen molar-refractivity contribution >= 4 is 33.5 Å². The number of aromatic nitrogens is 5. The van der Waals surface area contributed by atoms with Gasteiger partial charge in [-0.3, -0.25) is 9.36 Å². The molecule has 3 N–H and O–H groups in total. The quantitative estimate of drug-likeness (QED) is 0.276. The van der Waals surface area contributed by atoms with E-state index in [2.05, 4.69) is 21.5 Å². The Morgan fingerprint density at radius 1 is 1.16 bits per heavy atom. The molecule has 3 aromatic heterocycles. The number of phenols is 1. The number of phenolic OH excluding ortho intramolecular Hbond substituents is 1. The average Bonchev–Trinajstić information content (AvgIpc) is 3.25. The van der Waals surface area contributed by atoms with Crippen LogP contribution in [0.15, 0.2) is 95.1 Å². The van der Waals surface area contributed by atoms with Gasteiger partial charge in [0.25, 0.3) is 5.56 Å². The molecule has 9 heteroatoms. The van der Waals surface area contributed by atoms with Crippen molar-refractivity contribution in [2.45, 2.75) is 20.4 Å². The van der Waals surface area contributed by atoms with E-state index in [9.17, 15) is 9.90 Å². The van der Waals surface area contributed by atoms with Gasteiger partial charge in [-0.1, -0.05) is 43.0 Å². The largest absolute Gasteiger partial charge is 0.508 e. The Labute approximate surface area is 212 Å². The third kappa shape index (κ3) is 4.27. The smallest absolute Gasteiger partial charge is 0.264 e. The summed E-state index contributed by atoms with van der Waals surface area (Å²) in [4.78, 5) is 26.9. The molecule has 0 atom stereocenters. The van der Waals surface area contributed by atoms with Crippen LogP contribution in [0.1, 0.15) is 19.5 Å². The van der Waals surface area contributed by atoms with Gasteiger partial charge in [0.2, 0.25) is 0 Å². The van der Waals surface area contributed by atoms with Crippen molar-refractivity contribution in [1.82, 2.24) is 24.3 Å². The van der Waals surface area contributed by atoms with Crippen molar-refractivity contribution in [3.05, 3.63) is 101 Å². The molecule has 2 aromatic carbocycles. The summed E-state index contributed by atoms with van der Waals surface area (Å²) in [5, 5.41) is 16.8. The maximum absolute atomic E-state index is 13.7. The SMILES string of the molecule is C=C(C)C(=N/C=C\C)n1c(Cn2nc(-c3cccc(O)c3)c3c(N)ncnc32)cc2ccccc2c1=O. The van der Waals surface area contributed by atoms with E-state index >= 15 is 0 Å². The summed E-state index contributed by atoms with van der Waals surface area (Å²) in [7, 11) is 0. The minimum absolute atomic E-state index is 0.102. The molecule has 0 saturated heterocycles. The van der Waals surface area contributed by atoms with Gasteiger partial charge in [0, 0.05) is 17.1 Å². The normalized spacial score (nSPS) is 12.1. The second-order valence-electron chi connectivity index (χ2n) is 8.59. The molecule has 184 valence electrons. The number of allylic oxidation sites excluding steroid dienone is 2. The molecule has 0 radical (unpaired) electrons. The molecule has 0 fully saturated rings. The lowest BCUT2D eigenvalue weighted by molar-refractivity contribution is 0.475. The van der Waals surface area contributed by atoms with E-state index in [-0.39, 0.29) is 23.7 Å². The Morgan fingerprint density at radius 2 is 1.97 bits per heavy atom. The molecule has 0 bridgehead atoms. The summed E-state index contributed by atoms with van der Waals surface area (Å²) in [6.07, 6.45) is 4.80. The second-order valence-corrected chi connectivity index (χ2v) is 8.59. The van der Waals surface area contributed by atoms with Crippen LogP contribution in [0.2, 0.25) is 0 Å². The molecule has 0 saturated carbocycles. The molecule has 0 aliphatic heterocycles. The number of hydrogen-bond acceptors (Lipinski definition) is 7. The Kier molecular flexibility index (Phi) is 6.10. The van der Waals surface area contributed by atoms with Crippen LogP contribution < -0.4 is 11.3 Å². The highest BCUT2D eigenvalue weighted by molar-refractivity contribution is 6.01. The highest BCUT2D eigenvalue weighted by Gasteiger charge is 2.20. The van der Waals surface area contributed by atoms with Gasteiger partial charge in [-0.05, 0) is 49.1 Å². The summed E-state index contributed by atoms with van der Waals surface area (Å²) < 4.78 is 3.25. The summed E-state index contributed by atoms with van der Waals surface area (Å²) in [6.45, 7) is 7.91. The molecule has 0 spiro atoms. The lowest BCUT2D eigenvalue weighted by Crippen LogP contribution is -2.31. The molecule has 0 aliphatic rings. The molecule has 0 aliphatic carbocycles. The van der Waals surface area contributed by atoms with Gasteiger partial charge in [-0.15, -0.1) is 0 Å². The number of hydrogen-bond donors (Lipinski definition) is 2. The molecule has 3 heterocycles. The predicted octanol–water partition coefficient (Wildman–Crippen LogP) is 4.50. The van der Waals surface area contributed by atoms with Gasteiger partial charge in [-0.25, -0.2) is 19.6 Å². The van der Waals surface area contributed by atoms with E-state index in [1.807, 2.05) is 44.2 Å².